The molecule has 0 radical (unpaired) electrons. The Labute approximate surface area is 216 Å². The zero-order valence-corrected chi connectivity index (χ0v) is 22.4. The van der Waals surface area contributed by atoms with E-state index in [0.717, 1.165) is 55.9 Å². The highest BCUT2D eigenvalue weighted by Crippen LogP contribution is 2.29. The highest BCUT2D eigenvalue weighted by Gasteiger charge is 2.31. The van der Waals surface area contributed by atoms with Gasteiger partial charge in [0, 0.05) is 38.3 Å². The van der Waals surface area contributed by atoms with Gasteiger partial charge in [-0.3, -0.25) is 4.90 Å². The summed E-state index contributed by atoms with van der Waals surface area (Å²) < 4.78 is 33.9. The number of benzene rings is 1. The molecule has 0 saturated carbocycles. The number of nitrogens with one attached hydrogen (secondary N) is 1. The lowest BCUT2D eigenvalue weighted by Gasteiger charge is -2.41. The van der Waals surface area contributed by atoms with Crippen LogP contribution in [0, 0.1) is 0 Å². The summed E-state index contributed by atoms with van der Waals surface area (Å²) in [5.74, 6) is 0.729. The molecule has 4 rings (SSSR count). The number of nitrogens with zero attached hydrogens (tertiary/aromatic N) is 2. The lowest BCUT2D eigenvalue weighted by molar-refractivity contribution is 0.0540. The fourth-order valence-electron chi connectivity index (χ4n) is 4.21. The van der Waals surface area contributed by atoms with Gasteiger partial charge in [-0.25, -0.2) is 17.9 Å². The Balaban J connectivity index is 1.22. The van der Waals surface area contributed by atoms with Crippen molar-refractivity contribution in [3.05, 3.63) is 44.2 Å². The molecule has 3 heterocycles. The van der Waals surface area contributed by atoms with Crippen LogP contribution < -0.4 is 9.46 Å². The Kier molecular flexibility index (Phi) is 8.13. The van der Waals surface area contributed by atoms with Crippen LogP contribution in [-0.2, 0) is 10.0 Å². The SMILES string of the molecule is O=C(NS(=O)(=O)c1ccc(Br)s1)N1CCC(N2CCC(Oc3ccc(Cl)c(Cl)c3)CC2)CC1. The molecule has 0 spiro atoms. The lowest BCUT2D eigenvalue weighted by atomic mass is 9.99. The van der Waals surface area contributed by atoms with E-state index in [0.29, 0.717) is 33.0 Å². The fraction of sp³-hybridized carbons (Fsp3) is 0.476. The first kappa shape index (κ1) is 25.1. The maximum atomic E-state index is 12.5. The van der Waals surface area contributed by atoms with Gasteiger partial charge in [0.1, 0.15) is 16.1 Å². The molecule has 7 nitrogen and oxygen atoms in total. The number of thiophene rings is 1. The number of likely N-dealkylation sites (tertiary alicyclic amines) is 2. The van der Waals surface area contributed by atoms with Crippen LogP contribution in [0.5, 0.6) is 5.75 Å². The summed E-state index contributed by atoms with van der Waals surface area (Å²) >= 11 is 16.4. The predicted octanol–water partition coefficient (Wildman–Crippen LogP) is 5.22. The van der Waals surface area contributed by atoms with Crippen LogP contribution in [0.2, 0.25) is 10.0 Å². The van der Waals surface area contributed by atoms with Crippen LogP contribution in [0.15, 0.2) is 38.3 Å². The number of halogens is 3. The van der Waals surface area contributed by atoms with Gasteiger partial charge >= 0.3 is 6.03 Å². The molecule has 0 aliphatic carbocycles. The van der Waals surface area contributed by atoms with E-state index < -0.39 is 16.1 Å². The molecule has 180 valence electrons. The van der Waals surface area contributed by atoms with E-state index in [1.54, 1.807) is 23.1 Å². The summed E-state index contributed by atoms with van der Waals surface area (Å²) in [5, 5.41) is 0.995. The molecule has 1 aromatic heterocycles. The Hall–Kier alpha value is -1.04. The van der Waals surface area contributed by atoms with Crippen molar-refractivity contribution in [1.82, 2.24) is 14.5 Å². The average molecular weight is 597 g/mol. The first-order valence-corrected chi connectivity index (χ1v) is 14.5. The molecular weight excluding hydrogens is 573 g/mol. The molecule has 33 heavy (non-hydrogen) atoms. The number of rotatable bonds is 5. The van der Waals surface area contributed by atoms with Crippen molar-refractivity contribution < 1.29 is 17.9 Å². The number of amides is 2. The van der Waals surface area contributed by atoms with E-state index in [9.17, 15) is 13.2 Å². The van der Waals surface area contributed by atoms with Crippen LogP contribution in [0.1, 0.15) is 25.7 Å². The summed E-state index contributed by atoms with van der Waals surface area (Å²) in [5.41, 5.74) is 0. The number of sulfonamides is 1. The van der Waals surface area contributed by atoms with Gasteiger partial charge in [-0.05, 0) is 65.9 Å². The largest absolute Gasteiger partial charge is 0.490 e. The third-order valence-corrected chi connectivity index (χ3v) is 10.1. The first-order valence-electron chi connectivity index (χ1n) is 10.6. The van der Waals surface area contributed by atoms with Crippen molar-refractivity contribution in [1.29, 1.82) is 0 Å². The molecular formula is C21H24BrCl2N3O4S2. The number of hydrogen-bond acceptors (Lipinski definition) is 6. The summed E-state index contributed by atoms with van der Waals surface area (Å²) in [6.45, 7) is 2.90. The number of ether oxygens (including phenoxy) is 1. The maximum absolute atomic E-state index is 12.5. The van der Waals surface area contributed by atoms with Gasteiger partial charge in [-0.2, -0.15) is 0 Å². The van der Waals surface area contributed by atoms with E-state index in [4.69, 9.17) is 27.9 Å². The molecule has 2 fully saturated rings. The van der Waals surface area contributed by atoms with Gasteiger partial charge in [0.25, 0.3) is 10.0 Å². The molecule has 2 aliphatic heterocycles. The van der Waals surface area contributed by atoms with E-state index in [-0.39, 0.29) is 10.3 Å². The molecule has 0 unspecified atom stereocenters. The van der Waals surface area contributed by atoms with Crippen molar-refractivity contribution in [2.24, 2.45) is 0 Å². The summed E-state index contributed by atoms with van der Waals surface area (Å²) in [6, 6.07) is 8.26. The third-order valence-electron chi connectivity index (χ3n) is 5.97. The molecule has 2 aliphatic rings. The van der Waals surface area contributed by atoms with Crippen LogP contribution in [0.25, 0.3) is 0 Å². The number of hydrogen-bond donors (Lipinski definition) is 1. The highest BCUT2D eigenvalue weighted by molar-refractivity contribution is 9.11. The van der Waals surface area contributed by atoms with Gasteiger partial charge in [-0.15, -0.1) is 11.3 Å². The molecule has 2 aromatic rings. The minimum absolute atomic E-state index is 0.114. The molecule has 0 bridgehead atoms. The minimum atomic E-state index is -3.85. The standard InChI is InChI=1S/C21H24BrCl2N3O4S2/c22-19-3-4-20(32-19)33(29,30)25-21(28)27-9-5-14(6-10-27)26-11-7-15(8-12-26)31-16-1-2-17(23)18(24)13-16/h1-4,13-15H,5-12H2,(H,25,28). The summed E-state index contributed by atoms with van der Waals surface area (Å²) in [4.78, 5) is 16.5. The molecule has 1 N–H and O–H groups in total. The van der Waals surface area contributed by atoms with E-state index in [1.807, 2.05) is 6.07 Å². The molecule has 2 saturated heterocycles. The van der Waals surface area contributed by atoms with Gasteiger partial charge in [0.15, 0.2) is 0 Å². The number of piperidine rings is 2. The topological polar surface area (TPSA) is 79.0 Å². The molecule has 0 atom stereocenters. The lowest BCUT2D eigenvalue weighted by Crippen LogP contribution is -2.52. The number of urea groups is 1. The van der Waals surface area contributed by atoms with Crippen LogP contribution in [-0.4, -0.2) is 62.6 Å². The predicted molar refractivity (Wildman–Crippen MR) is 134 cm³/mol. The summed E-state index contributed by atoms with van der Waals surface area (Å²) in [6.07, 6.45) is 3.59. The second-order valence-electron chi connectivity index (χ2n) is 8.12. The normalized spacial score (nSPS) is 18.9. The fourth-order valence-corrected chi connectivity index (χ4v) is 7.48. The van der Waals surface area contributed by atoms with Crippen molar-refractivity contribution in [2.45, 2.75) is 42.0 Å². The molecule has 12 heteroatoms. The Morgan fingerprint density at radius 3 is 2.33 bits per heavy atom. The zero-order valence-electron chi connectivity index (χ0n) is 17.7. The minimum Gasteiger partial charge on any atom is -0.490 e. The van der Waals surface area contributed by atoms with E-state index in [1.165, 1.54) is 6.07 Å². The Morgan fingerprint density at radius 2 is 1.73 bits per heavy atom. The molecule has 2 amide bonds. The van der Waals surface area contributed by atoms with Crippen molar-refractivity contribution >= 4 is 66.5 Å². The summed E-state index contributed by atoms with van der Waals surface area (Å²) in [7, 11) is -3.85. The number of carbonyl (C=O) groups excluding carboxylic acids is 1. The third kappa shape index (κ3) is 6.35. The van der Waals surface area contributed by atoms with Crippen LogP contribution in [0.3, 0.4) is 0 Å². The van der Waals surface area contributed by atoms with Gasteiger partial charge in [0.2, 0.25) is 0 Å². The smallest absolute Gasteiger partial charge is 0.331 e. The first-order chi connectivity index (χ1) is 15.7. The van der Waals surface area contributed by atoms with Crippen molar-refractivity contribution in [3.8, 4) is 5.75 Å². The maximum Gasteiger partial charge on any atom is 0.331 e. The zero-order chi connectivity index (χ0) is 23.6. The number of carbonyl (C=O) groups is 1. The second kappa shape index (κ2) is 10.7. The van der Waals surface area contributed by atoms with Gasteiger partial charge < -0.3 is 9.64 Å². The Morgan fingerprint density at radius 1 is 1.03 bits per heavy atom. The van der Waals surface area contributed by atoms with Gasteiger partial charge in [0.05, 0.1) is 13.8 Å². The van der Waals surface area contributed by atoms with E-state index in [2.05, 4.69) is 25.6 Å². The van der Waals surface area contributed by atoms with Crippen molar-refractivity contribution in [3.63, 3.8) is 0 Å². The van der Waals surface area contributed by atoms with Gasteiger partial charge in [-0.1, -0.05) is 23.2 Å². The Bertz CT molecular complexity index is 1100. The second-order valence-corrected chi connectivity index (χ2v) is 13.3. The van der Waals surface area contributed by atoms with E-state index >= 15 is 0 Å². The van der Waals surface area contributed by atoms with Crippen LogP contribution >= 0.6 is 50.5 Å². The monoisotopic (exact) mass is 595 g/mol. The van der Waals surface area contributed by atoms with Crippen molar-refractivity contribution in [2.75, 3.05) is 26.2 Å². The highest BCUT2D eigenvalue weighted by atomic mass is 79.9. The average Bonchev–Trinajstić information content (AvgIpc) is 3.24. The van der Waals surface area contributed by atoms with Crippen LogP contribution in [0.4, 0.5) is 4.79 Å². The molecule has 1 aromatic carbocycles. The quantitative estimate of drug-likeness (QED) is 0.512.